The Balaban J connectivity index is 2.01. The molecule has 0 aliphatic carbocycles. The molecule has 2 rings (SSSR count). The number of hydrogen-bond acceptors (Lipinski definition) is 2. The lowest BCUT2D eigenvalue weighted by Gasteiger charge is -2.14. The van der Waals surface area contributed by atoms with Gasteiger partial charge in [0.05, 0.1) is 11.2 Å². The molecule has 0 N–H and O–H groups in total. The summed E-state index contributed by atoms with van der Waals surface area (Å²) < 4.78 is 0. The van der Waals surface area contributed by atoms with Gasteiger partial charge in [0.1, 0.15) is 0 Å². The van der Waals surface area contributed by atoms with Crippen molar-refractivity contribution in [2.24, 2.45) is 0 Å². The zero-order chi connectivity index (χ0) is 13.0. The number of aromatic nitrogens is 1. The van der Waals surface area contributed by atoms with E-state index >= 15 is 0 Å². The van der Waals surface area contributed by atoms with Crippen LogP contribution >= 0.6 is 38.9 Å². The fourth-order valence-corrected chi connectivity index (χ4v) is 3.56. The van der Waals surface area contributed by atoms with Gasteiger partial charge >= 0.3 is 0 Å². The van der Waals surface area contributed by atoms with Gasteiger partial charge in [-0.2, -0.15) is 0 Å². The summed E-state index contributed by atoms with van der Waals surface area (Å²) in [7, 11) is 0. The number of alkyl halides is 1. The molecule has 1 atom stereocenters. The molecule has 0 spiro atoms. The number of nitrogens with zero attached hydrogens (tertiary/aromatic N) is 1. The molecule has 0 aliphatic rings. The molecule has 0 saturated carbocycles. The first-order chi connectivity index (χ1) is 8.70. The van der Waals surface area contributed by atoms with Gasteiger partial charge in [0.25, 0.3) is 0 Å². The normalized spacial score (nSPS) is 12.6. The van der Waals surface area contributed by atoms with E-state index < -0.39 is 0 Å². The number of rotatable bonds is 5. The van der Waals surface area contributed by atoms with E-state index in [1.54, 1.807) is 11.3 Å². The minimum absolute atomic E-state index is 0.531. The Morgan fingerprint density at radius 1 is 1.33 bits per heavy atom. The Morgan fingerprint density at radius 3 is 2.61 bits per heavy atom. The zero-order valence-electron chi connectivity index (χ0n) is 10.2. The molecular formula is C14H15BrClNS. The molecule has 1 heterocycles. The molecule has 2 aromatic rings. The van der Waals surface area contributed by atoms with Gasteiger partial charge in [0, 0.05) is 15.2 Å². The molecule has 0 radical (unpaired) electrons. The van der Waals surface area contributed by atoms with Crippen LogP contribution in [0.2, 0.25) is 5.02 Å². The first kappa shape index (κ1) is 14.0. The van der Waals surface area contributed by atoms with Gasteiger partial charge in [0.2, 0.25) is 0 Å². The van der Waals surface area contributed by atoms with Crippen LogP contribution in [0.3, 0.4) is 0 Å². The largest absolute Gasteiger partial charge is 0.250 e. The zero-order valence-corrected chi connectivity index (χ0v) is 13.4. The van der Waals surface area contributed by atoms with Crippen molar-refractivity contribution in [1.29, 1.82) is 0 Å². The highest BCUT2D eigenvalue weighted by Gasteiger charge is 2.12. The van der Waals surface area contributed by atoms with Crippen molar-refractivity contribution in [3.8, 4) is 0 Å². The van der Waals surface area contributed by atoms with Crippen LogP contribution in [0.25, 0.3) is 0 Å². The van der Waals surface area contributed by atoms with Crippen molar-refractivity contribution in [2.45, 2.75) is 25.7 Å². The molecule has 96 valence electrons. The van der Waals surface area contributed by atoms with Gasteiger partial charge in [-0.15, -0.1) is 11.3 Å². The molecule has 4 heteroatoms. The average molecular weight is 345 g/mol. The molecule has 0 fully saturated rings. The first-order valence-corrected chi connectivity index (χ1v) is 8.29. The van der Waals surface area contributed by atoms with Crippen molar-refractivity contribution >= 4 is 38.9 Å². The van der Waals surface area contributed by atoms with Crippen molar-refractivity contribution in [3.63, 3.8) is 0 Å². The number of thiazole rings is 1. The van der Waals surface area contributed by atoms with E-state index in [9.17, 15) is 0 Å². The second-order valence-electron chi connectivity index (χ2n) is 4.30. The van der Waals surface area contributed by atoms with Crippen LogP contribution in [0.1, 0.15) is 28.5 Å². The smallest absolute Gasteiger partial charge is 0.0797 e. The summed E-state index contributed by atoms with van der Waals surface area (Å²) in [6.45, 7) is 2.08. The van der Waals surface area contributed by atoms with Gasteiger partial charge in [-0.05, 0) is 43.4 Å². The second-order valence-corrected chi connectivity index (χ2v) is 6.33. The monoisotopic (exact) mass is 343 g/mol. The third-order valence-electron chi connectivity index (χ3n) is 3.09. The molecular weight excluding hydrogens is 330 g/mol. The predicted octanol–water partition coefficient (Wildman–Crippen LogP) is 5.22. The number of hydrogen-bond donors (Lipinski definition) is 0. The fourth-order valence-electron chi connectivity index (χ4n) is 1.94. The van der Waals surface area contributed by atoms with Crippen molar-refractivity contribution in [1.82, 2.24) is 4.98 Å². The second kappa shape index (κ2) is 6.69. The Morgan fingerprint density at radius 2 is 2.06 bits per heavy atom. The van der Waals surface area contributed by atoms with E-state index in [1.165, 1.54) is 16.1 Å². The molecule has 1 aromatic heterocycles. The molecule has 0 saturated heterocycles. The van der Waals surface area contributed by atoms with Crippen LogP contribution < -0.4 is 0 Å². The number of benzene rings is 1. The van der Waals surface area contributed by atoms with E-state index in [0.29, 0.717) is 5.92 Å². The Kier molecular flexibility index (Phi) is 5.22. The SMILES string of the molecule is Cc1ncsc1CCC(CBr)c1ccc(Cl)cc1. The molecule has 0 bridgehead atoms. The van der Waals surface area contributed by atoms with Gasteiger partial charge in [-0.3, -0.25) is 0 Å². The molecule has 0 aliphatic heterocycles. The summed E-state index contributed by atoms with van der Waals surface area (Å²) in [6.07, 6.45) is 2.23. The predicted molar refractivity (Wildman–Crippen MR) is 83.2 cm³/mol. The number of aryl methyl sites for hydroxylation is 2. The highest BCUT2D eigenvalue weighted by Crippen LogP contribution is 2.26. The Hall–Kier alpha value is -0.380. The van der Waals surface area contributed by atoms with Crippen LogP contribution in [0.15, 0.2) is 29.8 Å². The van der Waals surface area contributed by atoms with Crippen molar-refractivity contribution < 1.29 is 0 Å². The topological polar surface area (TPSA) is 12.9 Å². The van der Waals surface area contributed by atoms with E-state index in [0.717, 1.165) is 23.2 Å². The van der Waals surface area contributed by atoms with Crippen LogP contribution in [0, 0.1) is 6.92 Å². The Labute approximate surface area is 125 Å². The minimum Gasteiger partial charge on any atom is -0.250 e. The summed E-state index contributed by atoms with van der Waals surface area (Å²) in [6, 6.07) is 8.16. The summed E-state index contributed by atoms with van der Waals surface area (Å²) >= 11 is 11.3. The maximum atomic E-state index is 5.92. The summed E-state index contributed by atoms with van der Waals surface area (Å²) in [4.78, 5) is 5.69. The molecule has 1 nitrogen and oxygen atoms in total. The molecule has 1 unspecified atom stereocenters. The van der Waals surface area contributed by atoms with E-state index in [2.05, 4.69) is 40.0 Å². The average Bonchev–Trinajstić information content (AvgIpc) is 2.78. The van der Waals surface area contributed by atoms with Crippen molar-refractivity contribution in [2.75, 3.05) is 5.33 Å². The lowest BCUT2D eigenvalue weighted by molar-refractivity contribution is 0.694. The molecule has 18 heavy (non-hydrogen) atoms. The highest BCUT2D eigenvalue weighted by molar-refractivity contribution is 9.09. The third kappa shape index (κ3) is 3.56. The maximum absolute atomic E-state index is 5.92. The van der Waals surface area contributed by atoms with E-state index in [-0.39, 0.29) is 0 Å². The molecule has 0 amide bonds. The first-order valence-electron chi connectivity index (χ1n) is 5.91. The summed E-state index contributed by atoms with van der Waals surface area (Å²) in [5, 5.41) is 1.78. The van der Waals surface area contributed by atoms with Gasteiger partial charge < -0.3 is 0 Å². The van der Waals surface area contributed by atoms with Crippen LogP contribution in [-0.2, 0) is 6.42 Å². The standard InChI is InChI=1S/C14H15BrClNS/c1-10-14(18-9-17-10)7-4-12(8-15)11-2-5-13(16)6-3-11/h2-3,5-6,9,12H,4,7-8H2,1H3. The quantitative estimate of drug-likeness (QED) is 0.678. The van der Waals surface area contributed by atoms with Gasteiger partial charge in [0.15, 0.2) is 0 Å². The summed E-state index contributed by atoms with van der Waals surface area (Å²) in [5.74, 6) is 0.531. The fraction of sp³-hybridized carbons (Fsp3) is 0.357. The minimum atomic E-state index is 0.531. The maximum Gasteiger partial charge on any atom is 0.0797 e. The number of halogens is 2. The van der Waals surface area contributed by atoms with Crippen LogP contribution in [-0.4, -0.2) is 10.3 Å². The van der Waals surface area contributed by atoms with Crippen LogP contribution in [0.4, 0.5) is 0 Å². The highest BCUT2D eigenvalue weighted by atomic mass is 79.9. The lowest BCUT2D eigenvalue weighted by Crippen LogP contribution is -2.02. The van der Waals surface area contributed by atoms with Crippen LogP contribution in [0.5, 0.6) is 0 Å². The summed E-state index contributed by atoms with van der Waals surface area (Å²) in [5.41, 5.74) is 4.44. The van der Waals surface area contributed by atoms with Gasteiger partial charge in [-0.25, -0.2) is 4.98 Å². The van der Waals surface area contributed by atoms with E-state index in [4.69, 9.17) is 11.6 Å². The van der Waals surface area contributed by atoms with Gasteiger partial charge in [-0.1, -0.05) is 39.7 Å². The molecule has 1 aromatic carbocycles. The van der Waals surface area contributed by atoms with Crippen molar-refractivity contribution in [3.05, 3.63) is 50.9 Å². The Bertz CT molecular complexity index is 495. The third-order valence-corrected chi connectivity index (χ3v) is 5.12. The van der Waals surface area contributed by atoms with E-state index in [1.807, 2.05) is 17.6 Å². The lowest BCUT2D eigenvalue weighted by atomic mass is 9.96.